The van der Waals surface area contributed by atoms with E-state index in [2.05, 4.69) is 5.32 Å². The van der Waals surface area contributed by atoms with E-state index in [0.717, 1.165) is 10.6 Å². The third kappa shape index (κ3) is 5.31. The lowest BCUT2D eigenvalue weighted by molar-refractivity contribution is -0.114. The van der Waals surface area contributed by atoms with E-state index >= 15 is 0 Å². The van der Waals surface area contributed by atoms with Crippen LogP contribution in [0.3, 0.4) is 0 Å². The molecule has 2 aromatic rings. The third-order valence-corrected chi connectivity index (χ3v) is 4.89. The smallest absolute Gasteiger partial charge is 0.253 e. The average molecular weight is 400 g/mol. The second kappa shape index (κ2) is 8.54. The molecule has 0 spiro atoms. The molecule has 0 aromatic heterocycles. The number of hydrogen-bond acceptors (Lipinski definition) is 5. The van der Waals surface area contributed by atoms with Gasteiger partial charge in [-0.1, -0.05) is 12.1 Å². The predicted molar refractivity (Wildman–Crippen MR) is 106 cm³/mol. The van der Waals surface area contributed by atoms with E-state index in [1.807, 2.05) is 6.07 Å². The van der Waals surface area contributed by atoms with Crippen LogP contribution in [-0.4, -0.2) is 52.0 Å². The van der Waals surface area contributed by atoms with Crippen LogP contribution < -0.4 is 9.62 Å². The molecule has 2 rings (SSSR count). The van der Waals surface area contributed by atoms with Gasteiger partial charge >= 0.3 is 0 Å². The van der Waals surface area contributed by atoms with Gasteiger partial charge in [0.25, 0.3) is 5.91 Å². The number of sulfonamides is 1. The fourth-order valence-corrected chi connectivity index (χ4v) is 3.30. The number of hydrogen-bond donors (Lipinski definition) is 1. The lowest BCUT2D eigenvalue weighted by atomic mass is 10.2. The summed E-state index contributed by atoms with van der Waals surface area (Å²) in [5.74, 6) is -0.801. The minimum Gasteiger partial charge on any atom is -0.345 e. The highest BCUT2D eigenvalue weighted by atomic mass is 32.2. The summed E-state index contributed by atoms with van der Waals surface area (Å²) >= 11 is 0. The second-order valence-electron chi connectivity index (χ2n) is 6.26. The van der Waals surface area contributed by atoms with E-state index in [1.54, 1.807) is 38.4 Å². The van der Waals surface area contributed by atoms with Gasteiger partial charge in [-0.3, -0.25) is 13.9 Å². The molecule has 0 atom stereocenters. The standard InChI is InChI=1S/C19H20N4O4S/c1-22(2)19(25)15-7-5-8-16(11-15)21-18(24)13-23(28(3,26)27)17-9-4-6-14(10-17)12-20/h4-11H,13H2,1-3H3,(H,21,24). The Hall–Kier alpha value is -3.38. The maximum absolute atomic E-state index is 12.4. The molecular weight excluding hydrogens is 380 g/mol. The third-order valence-electron chi connectivity index (χ3n) is 3.75. The fraction of sp³-hybridized carbons (Fsp3) is 0.211. The van der Waals surface area contributed by atoms with Gasteiger partial charge in [0.05, 0.1) is 23.6 Å². The van der Waals surface area contributed by atoms with Crippen molar-refractivity contribution >= 4 is 33.2 Å². The van der Waals surface area contributed by atoms with Gasteiger partial charge in [-0.05, 0) is 36.4 Å². The highest BCUT2D eigenvalue weighted by Gasteiger charge is 2.21. The molecule has 1 N–H and O–H groups in total. The van der Waals surface area contributed by atoms with E-state index in [1.165, 1.54) is 29.2 Å². The number of amides is 2. The molecule has 0 unspecified atom stereocenters. The number of carbonyl (C=O) groups excluding carboxylic acids is 2. The highest BCUT2D eigenvalue weighted by Crippen LogP contribution is 2.19. The quantitative estimate of drug-likeness (QED) is 0.793. The van der Waals surface area contributed by atoms with Crippen LogP contribution >= 0.6 is 0 Å². The van der Waals surface area contributed by atoms with Gasteiger partial charge in [-0.2, -0.15) is 5.26 Å². The van der Waals surface area contributed by atoms with Gasteiger partial charge in [-0.15, -0.1) is 0 Å². The lowest BCUT2D eigenvalue weighted by Crippen LogP contribution is -2.37. The van der Waals surface area contributed by atoms with E-state index in [4.69, 9.17) is 5.26 Å². The number of rotatable bonds is 6. The minimum absolute atomic E-state index is 0.216. The van der Waals surface area contributed by atoms with Crippen LogP contribution in [0.1, 0.15) is 15.9 Å². The molecule has 0 aliphatic rings. The molecule has 2 amide bonds. The zero-order valence-corrected chi connectivity index (χ0v) is 16.5. The van der Waals surface area contributed by atoms with Crippen molar-refractivity contribution in [2.45, 2.75) is 0 Å². The van der Waals surface area contributed by atoms with Crippen molar-refractivity contribution in [3.8, 4) is 6.07 Å². The van der Waals surface area contributed by atoms with Crippen molar-refractivity contribution in [1.29, 1.82) is 5.26 Å². The van der Waals surface area contributed by atoms with Crippen molar-refractivity contribution in [1.82, 2.24) is 4.90 Å². The zero-order valence-electron chi connectivity index (χ0n) is 15.7. The van der Waals surface area contributed by atoms with Crippen LogP contribution in [0.25, 0.3) is 0 Å². The molecule has 0 aliphatic heterocycles. The number of nitriles is 1. The highest BCUT2D eigenvalue weighted by molar-refractivity contribution is 7.92. The first kappa shape index (κ1) is 20.9. The predicted octanol–water partition coefficient (Wildman–Crippen LogP) is 1.66. The molecule has 28 heavy (non-hydrogen) atoms. The Kier molecular flexibility index (Phi) is 6.38. The van der Waals surface area contributed by atoms with Crippen molar-refractivity contribution in [2.24, 2.45) is 0 Å². The molecule has 146 valence electrons. The Morgan fingerprint density at radius 3 is 2.39 bits per heavy atom. The summed E-state index contributed by atoms with van der Waals surface area (Å²) in [6.45, 7) is -0.473. The molecule has 0 bridgehead atoms. The molecule has 0 fully saturated rings. The number of nitrogens with one attached hydrogen (secondary N) is 1. The number of carbonyl (C=O) groups is 2. The molecule has 0 aliphatic carbocycles. The number of benzene rings is 2. The van der Waals surface area contributed by atoms with Crippen LogP contribution in [0.4, 0.5) is 11.4 Å². The topological polar surface area (TPSA) is 111 Å². The molecular formula is C19H20N4O4S. The average Bonchev–Trinajstić information content (AvgIpc) is 2.64. The molecule has 0 saturated heterocycles. The monoisotopic (exact) mass is 400 g/mol. The van der Waals surface area contributed by atoms with Crippen molar-refractivity contribution in [3.05, 3.63) is 59.7 Å². The van der Waals surface area contributed by atoms with Crippen molar-refractivity contribution in [2.75, 3.05) is 36.5 Å². The normalized spacial score (nSPS) is 10.6. The first-order valence-electron chi connectivity index (χ1n) is 8.21. The Morgan fingerprint density at radius 1 is 1.11 bits per heavy atom. The Labute approximate surface area is 164 Å². The minimum atomic E-state index is -3.76. The number of nitrogens with zero attached hydrogens (tertiary/aromatic N) is 3. The molecule has 0 heterocycles. The van der Waals surface area contributed by atoms with Crippen LogP contribution in [-0.2, 0) is 14.8 Å². The molecule has 0 radical (unpaired) electrons. The Balaban J connectivity index is 2.22. The summed E-state index contributed by atoms with van der Waals surface area (Å²) in [7, 11) is -0.525. The van der Waals surface area contributed by atoms with Gasteiger partial charge in [-0.25, -0.2) is 8.42 Å². The Morgan fingerprint density at radius 2 is 1.79 bits per heavy atom. The summed E-state index contributed by atoms with van der Waals surface area (Å²) < 4.78 is 25.2. The van der Waals surface area contributed by atoms with Crippen LogP contribution in [0.5, 0.6) is 0 Å². The van der Waals surface area contributed by atoms with Gasteiger partial charge in [0.1, 0.15) is 6.54 Å². The maximum Gasteiger partial charge on any atom is 0.253 e. The largest absolute Gasteiger partial charge is 0.345 e. The molecule has 2 aromatic carbocycles. The van der Waals surface area contributed by atoms with Crippen LogP contribution in [0.15, 0.2) is 48.5 Å². The van der Waals surface area contributed by atoms with Crippen molar-refractivity contribution < 1.29 is 18.0 Å². The van der Waals surface area contributed by atoms with Gasteiger partial charge in [0, 0.05) is 25.3 Å². The van der Waals surface area contributed by atoms with Gasteiger partial charge in [0.2, 0.25) is 15.9 Å². The van der Waals surface area contributed by atoms with E-state index in [-0.39, 0.29) is 17.2 Å². The summed E-state index contributed by atoms with van der Waals surface area (Å²) in [5, 5.41) is 11.6. The van der Waals surface area contributed by atoms with Crippen LogP contribution in [0.2, 0.25) is 0 Å². The maximum atomic E-state index is 12.4. The molecule has 8 nitrogen and oxygen atoms in total. The second-order valence-corrected chi connectivity index (χ2v) is 8.17. The lowest BCUT2D eigenvalue weighted by Gasteiger charge is -2.22. The molecule has 0 saturated carbocycles. The van der Waals surface area contributed by atoms with E-state index in [9.17, 15) is 18.0 Å². The fourth-order valence-electron chi connectivity index (χ4n) is 2.45. The zero-order chi connectivity index (χ0) is 20.9. The number of anilines is 2. The van der Waals surface area contributed by atoms with Gasteiger partial charge in [0.15, 0.2) is 0 Å². The van der Waals surface area contributed by atoms with E-state index < -0.39 is 22.5 Å². The molecule has 9 heteroatoms. The van der Waals surface area contributed by atoms with Crippen molar-refractivity contribution in [3.63, 3.8) is 0 Å². The summed E-state index contributed by atoms with van der Waals surface area (Å²) in [5.41, 5.74) is 1.26. The van der Waals surface area contributed by atoms with Gasteiger partial charge < -0.3 is 10.2 Å². The first-order chi connectivity index (χ1) is 13.1. The van der Waals surface area contributed by atoms with Crippen LogP contribution in [0, 0.1) is 11.3 Å². The summed E-state index contributed by atoms with van der Waals surface area (Å²) in [6.07, 6.45) is 0.982. The SMILES string of the molecule is CN(C)C(=O)c1cccc(NC(=O)CN(c2cccc(C#N)c2)S(C)(=O)=O)c1. The summed E-state index contributed by atoms with van der Waals surface area (Å²) in [6, 6.07) is 14.3. The first-order valence-corrected chi connectivity index (χ1v) is 10.1. The van der Waals surface area contributed by atoms with E-state index in [0.29, 0.717) is 11.3 Å². The summed E-state index contributed by atoms with van der Waals surface area (Å²) in [4.78, 5) is 25.9. The Bertz CT molecular complexity index is 1040.